The van der Waals surface area contributed by atoms with Crippen LogP contribution in [-0.4, -0.2) is 37.4 Å². The molecule has 21 heavy (non-hydrogen) atoms. The number of rotatable bonds is 3. The maximum absolute atomic E-state index is 4.84. The predicted molar refractivity (Wildman–Crippen MR) is 92.7 cm³/mol. The summed E-state index contributed by atoms with van der Waals surface area (Å²) in [6, 6.07) is 8.94. The molecule has 0 saturated carbocycles. The van der Waals surface area contributed by atoms with Gasteiger partial charge in [0.05, 0.1) is 6.04 Å². The smallest absolute Gasteiger partial charge is 0.0534 e. The first-order valence-corrected chi connectivity index (χ1v) is 7.77. The van der Waals surface area contributed by atoms with E-state index in [1.165, 1.54) is 11.3 Å². The number of nitrogens with zero attached hydrogens (tertiary/aromatic N) is 2. The van der Waals surface area contributed by atoms with Crippen LogP contribution in [0.1, 0.15) is 46.1 Å². The molecule has 2 rings (SSSR count). The molecule has 1 saturated heterocycles. The lowest BCUT2D eigenvalue weighted by Crippen LogP contribution is -2.58. The van der Waals surface area contributed by atoms with Crippen molar-refractivity contribution < 1.29 is 0 Å². The summed E-state index contributed by atoms with van der Waals surface area (Å²) in [5.74, 6) is 0. The molecule has 0 radical (unpaired) electrons. The fraction of sp³-hybridized carbons (Fsp3) is 0.611. The molecule has 116 valence electrons. The third kappa shape index (κ3) is 4.57. The molecule has 0 aliphatic carbocycles. The zero-order chi connectivity index (χ0) is 15.7. The number of piperidine rings is 1. The molecule has 3 nitrogen and oxygen atoms in total. The second-order valence-corrected chi connectivity index (χ2v) is 7.72. The van der Waals surface area contributed by atoms with Crippen LogP contribution < -0.4 is 10.2 Å². The molecule has 3 heteroatoms. The van der Waals surface area contributed by atoms with Gasteiger partial charge in [-0.2, -0.15) is 0 Å². The summed E-state index contributed by atoms with van der Waals surface area (Å²) in [5.41, 5.74) is 2.70. The van der Waals surface area contributed by atoms with Crippen molar-refractivity contribution in [2.45, 2.75) is 57.7 Å². The van der Waals surface area contributed by atoms with Gasteiger partial charge in [0.25, 0.3) is 0 Å². The molecule has 0 amide bonds. The summed E-state index contributed by atoms with van der Waals surface area (Å²) >= 11 is 0. The van der Waals surface area contributed by atoms with Crippen molar-refractivity contribution in [3.8, 4) is 0 Å². The monoisotopic (exact) mass is 287 g/mol. The van der Waals surface area contributed by atoms with Gasteiger partial charge in [-0.3, -0.25) is 4.99 Å². The Kier molecular flexibility index (Phi) is 4.43. The van der Waals surface area contributed by atoms with Gasteiger partial charge in [-0.1, -0.05) is 12.1 Å². The fourth-order valence-electron chi connectivity index (χ4n) is 3.42. The number of hydrogen-bond acceptors (Lipinski definition) is 3. The molecule has 1 fully saturated rings. The molecule has 1 N–H and O–H groups in total. The molecule has 0 atom stereocenters. The molecular weight excluding hydrogens is 258 g/mol. The van der Waals surface area contributed by atoms with Crippen molar-refractivity contribution in [2.75, 3.05) is 19.0 Å². The lowest BCUT2D eigenvalue weighted by Gasteiger charge is -2.45. The van der Waals surface area contributed by atoms with Gasteiger partial charge in [0.15, 0.2) is 0 Å². The first kappa shape index (κ1) is 16.0. The van der Waals surface area contributed by atoms with Crippen molar-refractivity contribution >= 4 is 11.9 Å². The number of aliphatic imine (C=N–C) groups is 1. The number of anilines is 1. The summed E-state index contributed by atoms with van der Waals surface area (Å²) in [4.78, 5) is 6.95. The van der Waals surface area contributed by atoms with Gasteiger partial charge in [0.2, 0.25) is 0 Å². The Morgan fingerprint density at radius 1 is 1.05 bits per heavy atom. The third-order valence-electron chi connectivity index (χ3n) is 4.01. The van der Waals surface area contributed by atoms with Crippen molar-refractivity contribution in [3.05, 3.63) is 29.8 Å². The molecule has 1 aromatic rings. The molecule has 1 heterocycles. The van der Waals surface area contributed by atoms with E-state index in [0.717, 1.165) is 12.8 Å². The van der Waals surface area contributed by atoms with Crippen LogP contribution in [0.3, 0.4) is 0 Å². The SMILES string of the molecule is CN(C)c1ccc(C=NC2CC(C)(C)NC(C)(C)C2)cc1. The Hall–Kier alpha value is -1.35. The van der Waals surface area contributed by atoms with Crippen LogP contribution in [0.5, 0.6) is 0 Å². The Morgan fingerprint density at radius 2 is 1.57 bits per heavy atom. The van der Waals surface area contributed by atoms with Gasteiger partial charge in [0.1, 0.15) is 0 Å². The maximum atomic E-state index is 4.84. The molecule has 0 bridgehead atoms. The lowest BCUT2D eigenvalue weighted by molar-refractivity contribution is 0.164. The van der Waals surface area contributed by atoms with Gasteiger partial charge < -0.3 is 10.2 Å². The van der Waals surface area contributed by atoms with Crippen LogP contribution in [0.2, 0.25) is 0 Å². The maximum Gasteiger partial charge on any atom is 0.0534 e. The van der Waals surface area contributed by atoms with Crippen LogP contribution in [0, 0.1) is 0 Å². The van der Waals surface area contributed by atoms with E-state index in [-0.39, 0.29) is 11.1 Å². The highest BCUT2D eigenvalue weighted by molar-refractivity contribution is 5.80. The number of benzene rings is 1. The number of nitrogens with one attached hydrogen (secondary N) is 1. The van der Waals surface area contributed by atoms with E-state index in [4.69, 9.17) is 4.99 Å². The van der Waals surface area contributed by atoms with E-state index in [0.29, 0.717) is 6.04 Å². The molecule has 1 aliphatic heterocycles. The van der Waals surface area contributed by atoms with Crippen LogP contribution in [-0.2, 0) is 0 Å². The molecular formula is C18H29N3. The second kappa shape index (κ2) is 5.80. The van der Waals surface area contributed by atoms with Crippen molar-refractivity contribution in [3.63, 3.8) is 0 Å². The van der Waals surface area contributed by atoms with Crippen LogP contribution in [0.4, 0.5) is 5.69 Å². The normalized spacial score (nSPS) is 21.6. The Bertz CT molecular complexity index is 482. The average molecular weight is 287 g/mol. The molecule has 0 spiro atoms. The quantitative estimate of drug-likeness (QED) is 0.862. The highest BCUT2D eigenvalue weighted by Crippen LogP contribution is 2.30. The minimum absolute atomic E-state index is 0.151. The van der Waals surface area contributed by atoms with Gasteiger partial charge in [-0.15, -0.1) is 0 Å². The largest absolute Gasteiger partial charge is 0.378 e. The minimum Gasteiger partial charge on any atom is -0.378 e. The first-order chi connectivity index (χ1) is 9.67. The Labute approximate surface area is 129 Å². The molecule has 0 unspecified atom stereocenters. The van der Waals surface area contributed by atoms with Gasteiger partial charge in [-0.25, -0.2) is 0 Å². The lowest BCUT2D eigenvalue weighted by atomic mass is 9.80. The van der Waals surface area contributed by atoms with E-state index in [2.05, 4.69) is 76.3 Å². The standard InChI is InChI=1S/C18H29N3/c1-17(2)11-15(12-18(3,4)20-17)19-13-14-7-9-16(10-8-14)21(5)6/h7-10,13,15,20H,11-12H2,1-6H3. The van der Waals surface area contributed by atoms with Crippen molar-refractivity contribution in [1.29, 1.82) is 0 Å². The van der Waals surface area contributed by atoms with E-state index >= 15 is 0 Å². The van der Waals surface area contributed by atoms with Crippen molar-refractivity contribution in [2.24, 2.45) is 4.99 Å². The Balaban J connectivity index is 2.06. The first-order valence-electron chi connectivity index (χ1n) is 7.77. The predicted octanol–water partition coefficient (Wildman–Crippen LogP) is 3.48. The van der Waals surface area contributed by atoms with E-state index in [1.807, 2.05) is 6.21 Å². The van der Waals surface area contributed by atoms with Gasteiger partial charge in [0, 0.05) is 37.1 Å². The van der Waals surface area contributed by atoms with Crippen molar-refractivity contribution in [1.82, 2.24) is 5.32 Å². The zero-order valence-electron chi connectivity index (χ0n) is 14.3. The van der Waals surface area contributed by atoms with Crippen LogP contribution >= 0.6 is 0 Å². The highest BCUT2D eigenvalue weighted by atomic mass is 15.1. The third-order valence-corrected chi connectivity index (χ3v) is 4.01. The molecule has 0 aromatic heterocycles. The minimum atomic E-state index is 0.151. The molecule has 1 aliphatic rings. The number of hydrogen-bond donors (Lipinski definition) is 1. The zero-order valence-corrected chi connectivity index (χ0v) is 14.3. The van der Waals surface area contributed by atoms with E-state index in [1.54, 1.807) is 0 Å². The van der Waals surface area contributed by atoms with Crippen LogP contribution in [0.25, 0.3) is 0 Å². The Morgan fingerprint density at radius 3 is 2.05 bits per heavy atom. The summed E-state index contributed by atoms with van der Waals surface area (Å²) < 4.78 is 0. The summed E-state index contributed by atoms with van der Waals surface area (Å²) in [6.45, 7) is 9.06. The molecule has 1 aromatic carbocycles. The summed E-state index contributed by atoms with van der Waals surface area (Å²) in [6.07, 6.45) is 4.20. The highest BCUT2D eigenvalue weighted by Gasteiger charge is 2.37. The fourth-order valence-corrected chi connectivity index (χ4v) is 3.42. The summed E-state index contributed by atoms with van der Waals surface area (Å²) in [7, 11) is 4.12. The average Bonchev–Trinajstić information content (AvgIpc) is 2.33. The summed E-state index contributed by atoms with van der Waals surface area (Å²) in [5, 5.41) is 3.70. The van der Waals surface area contributed by atoms with Crippen LogP contribution in [0.15, 0.2) is 29.3 Å². The van der Waals surface area contributed by atoms with Gasteiger partial charge in [-0.05, 0) is 58.2 Å². The van der Waals surface area contributed by atoms with E-state index < -0.39 is 0 Å². The van der Waals surface area contributed by atoms with Gasteiger partial charge >= 0.3 is 0 Å². The second-order valence-electron chi connectivity index (χ2n) is 7.72. The van der Waals surface area contributed by atoms with E-state index in [9.17, 15) is 0 Å². The topological polar surface area (TPSA) is 27.6 Å².